The molecule has 0 aromatic rings. The van der Waals surface area contributed by atoms with Crippen LogP contribution >= 0.6 is 0 Å². The minimum atomic E-state index is -1.36. The largest absolute Gasteiger partial charge is 0.458 e. The van der Waals surface area contributed by atoms with Crippen LogP contribution in [0.15, 0.2) is 23.3 Å². The topological polar surface area (TPSA) is 83.8 Å². The van der Waals surface area contributed by atoms with Crippen molar-refractivity contribution in [1.82, 2.24) is 0 Å². The summed E-state index contributed by atoms with van der Waals surface area (Å²) in [6, 6.07) is 0. The minimum absolute atomic E-state index is 0.0248. The second-order valence-corrected chi connectivity index (χ2v) is 12.4. The van der Waals surface area contributed by atoms with Gasteiger partial charge < -0.3 is 14.9 Å². The highest BCUT2D eigenvalue weighted by Gasteiger charge is 2.68. The maximum atomic E-state index is 13.2. The Hall–Kier alpha value is -1.46. The van der Waals surface area contributed by atoms with Gasteiger partial charge in [0.2, 0.25) is 0 Å². The van der Waals surface area contributed by atoms with Gasteiger partial charge in [0.15, 0.2) is 5.78 Å². The van der Waals surface area contributed by atoms with Crippen LogP contribution in [0.3, 0.4) is 0 Å². The Kier molecular flexibility index (Phi) is 5.31. The number of aliphatic hydroxyl groups excluding tert-OH is 1. The van der Waals surface area contributed by atoms with E-state index in [-0.39, 0.29) is 29.2 Å². The first-order valence-corrected chi connectivity index (χ1v) is 13.0. The molecule has 0 aromatic carbocycles. The van der Waals surface area contributed by atoms with Crippen molar-refractivity contribution in [2.45, 2.75) is 97.4 Å². The normalized spacial score (nSPS) is 50.4. The van der Waals surface area contributed by atoms with Crippen LogP contribution in [0.25, 0.3) is 0 Å². The van der Waals surface area contributed by atoms with E-state index in [9.17, 15) is 19.8 Å². The van der Waals surface area contributed by atoms with E-state index in [1.54, 1.807) is 0 Å². The van der Waals surface area contributed by atoms with Crippen LogP contribution in [0.2, 0.25) is 0 Å². The highest BCUT2D eigenvalue weighted by Crippen LogP contribution is 2.68. The van der Waals surface area contributed by atoms with Crippen molar-refractivity contribution in [3.05, 3.63) is 23.3 Å². The van der Waals surface area contributed by atoms with Gasteiger partial charge in [-0.3, -0.25) is 4.79 Å². The van der Waals surface area contributed by atoms with Gasteiger partial charge in [0.05, 0.1) is 5.41 Å². The van der Waals surface area contributed by atoms with E-state index in [0.717, 1.165) is 49.7 Å². The number of rotatable bonds is 2. The Morgan fingerprint density at radius 1 is 1.06 bits per heavy atom. The lowest BCUT2D eigenvalue weighted by atomic mass is 9.43. The molecular weight excluding hydrogens is 416 g/mol. The summed E-state index contributed by atoms with van der Waals surface area (Å²) in [4.78, 5) is 25.6. The Bertz CT molecular complexity index is 935. The van der Waals surface area contributed by atoms with Crippen LogP contribution in [0, 0.1) is 40.4 Å². The molecule has 1 unspecified atom stereocenters. The molecule has 5 aliphatic rings. The highest BCUT2D eigenvalue weighted by atomic mass is 16.5. The van der Waals surface area contributed by atoms with Crippen molar-refractivity contribution >= 4 is 11.8 Å². The van der Waals surface area contributed by atoms with Gasteiger partial charge in [0.25, 0.3) is 0 Å². The first-order valence-electron chi connectivity index (χ1n) is 13.0. The molecule has 5 heteroatoms. The molecule has 0 aromatic heterocycles. The predicted molar refractivity (Wildman–Crippen MR) is 125 cm³/mol. The Labute approximate surface area is 197 Å². The van der Waals surface area contributed by atoms with Crippen LogP contribution in [0.1, 0.15) is 79.6 Å². The fourth-order valence-corrected chi connectivity index (χ4v) is 9.09. The average molecular weight is 457 g/mol. The second kappa shape index (κ2) is 7.52. The summed E-state index contributed by atoms with van der Waals surface area (Å²) in [7, 11) is 0. The summed E-state index contributed by atoms with van der Waals surface area (Å²) in [5, 5.41) is 22.2. The van der Waals surface area contributed by atoms with Crippen molar-refractivity contribution in [2.24, 2.45) is 40.4 Å². The molecule has 1 heterocycles. The van der Waals surface area contributed by atoms with Gasteiger partial charge >= 0.3 is 5.97 Å². The lowest BCUT2D eigenvalue weighted by Gasteiger charge is -2.62. The van der Waals surface area contributed by atoms with Crippen LogP contribution in [-0.4, -0.2) is 39.8 Å². The van der Waals surface area contributed by atoms with Crippen LogP contribution in [-0.2, 0) is 14.3 Å². The number of fused-ring (bicyclic) bond motifs is 5. The number of ketones is 1. The van der Waals surface area contributed by atoms with E-state index in [1.807, 2.05) is 20.8 Å². The first kappa shape index (κ1) is 23.3. The number of hydrogen-bond donors (Lipinski definition) is 2. The minimum Gasteiger partial charge on any atom is -0.458 e. The number of carbonyl (C=O) groups is 2. The van der Waals surface area contributed by atoms with Crippen molar-refractivity contribution in [1.29, 1.82) is 0 Å². The quantitative estimate of drug-likeness (QED) is 0.603. The number of allylic oxidation sites excluding steroid dienone is 1. The Morgan fingerprint density at radius 2 is 1.79 bits per heavy atom. The number of ether oxygens (including phenoxy) is 1. The molecule has 3 saturated carbocycles. The molecule has 0 radical (unpaired) electrons. The summed E-state index contributed by atoms with van der Waals surface area (Å²) >= 11 is 0. The van der Waals surface area contributed by atoms with Crippen molar-refractivity contribution < 1.29 is 24.5 Å². The molecule has 33 heavy (non-hydrogen) atoms. The third-order valence-electron chi connectivity index (χ3n) is 11.4. The van der Waals surface area contributed by atoms with Crippen LogP contribution in [0.4, 0.5) is 0 Å². The fourth-order valence-electron chi connectivity index (χ4n) is 9.09. The molecule has 4 aliphatic carbocycles. The first-order chi connectivity index (χ1) is 15.4. The van der Waals surface area contributed by atoms with E-state index in [0.29, 0.717) is 30.1 Å². The number of esters is 1. The molecule has 10 atom stereocenters. The molecule has 3 fully saturated rings. The summed E-state index contributed by atoms with van der Waals surface area (Å²) in [6.07, 6.45) is 8.26. The number of cyclic esters (lactones) is 1. The zero-order valence-corrected chi connectivity index (χ0v) is 20.8. The van der Waals surface area contributed by atoms with Crippen LogP contribution in [0.5, 0.6) is 0 Å². The highest BCUT2D eigenvalue weighted by molar-refractivity contribution is 5.97. The molecule has 0 bridgehead atoms. The van der Waals surface area contributed by atoms with E-state index in [4.69, 9.17) is 4.74 Å². The van der Waals surface area contributed by atoms with Gasteiger partial charge in [-0.15, -0.1) is 0 Å². The molecular formula is C28H40O5. The number of carbonyl (C=O) groups excluding carboxylic acids is 2. The standard InChI is InChI=1S/C28H40O5/c1-15-14-22(33-25(31)16(15)2)17(3)19-6-7-20-18-10-13-28(32)24(30)9-8-23(29)27(28,5)21(18)11-12-26(19,20)4/h8-9,17-22,24,30,32H,6-7,10-14H2,1-5H3/t17-,18-,19+,20-,21-,22?,24-,26+,27-,28-/m0/s1. The van der Waals surface area contributed by atoms with Gasteiger partial charge in [0.1, 0.15) is 17.8 Å². The zero-order chi connectivity index (χ0) is 23.9. The molecule has 0 saturated heterocycles. The lowest BCUT2D eigenvalue weighted by molar-refractivity contribution is -0.217. The van der Waals surface area contributed by atoms with E-state index >= 15 is 0 Å². The summed E-state index contributed by atoms with van der Waals surface area (Å²) in [5.41, 5.74) is -0.237. The molecule has 5 nitrogen and oxygen atoms in total. The fraction of sp³-hybridized carbons (Fsp3) is 0.786. The summed E-state index contributed by atoms with van der Waals surface area (Å²) in [5.74, 6) is 1.56. The number of aliphatic hydroxyl groups is 2. The molecule has 1 aliphatic heterocycles. The molecule has 2 N–H and O–H groups in total. The van der Waals surface area contributed by atoms with Gasteiger partial charge in [0, 0.05) is 12.0 Å². The maximum Gasteiger partial charge on any atom is 0.333 e. The van der Waals surface area contributed by atoms with Crippen molar-refractivity contribution in [3.8, 4) is 0 Å². The average Bonchev–Trinajstić information content (AvgIpc) is 3.13. The summed E-state index contributed by atoms with van der Waals surface area (Å²) < 4.78 is 5.89. The van der Waals surface area contributed by atoms with E-state index in [1.165, 1.54) is 12.2 Å². The molecule has 0 spiro atoms. The molecule has 0 amide bonds. The predicted octanol–water partition coefficient (Wildman–Crippen LogP) is 4.36. The monoisotopic (exact) mass is 456 g/mol. The third kappa shape index (κ3) is 2.97. The third-order valence-corrected chi connectivity index (χ3v) is 11.4. The smallest absolute Gasteiger partial charge is 0.333 e. The molecule has 182 valence electrons. The van der Waals surface area contributed by atoms with Gasteiger partial charge in [-0.05, 0) is 106 Å². The zero-order valence-electron chi connectivity index (χ0n) is 20.8. The van der Waals surface area contributed by atoms with Crippen molar-refractivity contribution in [2.75, 3.05) is 0 Å². The Balaban J connectivity index is 1.41. The Morgan fingerprint density at radius 3 is 2.48 bits per heavy atom. The van der Waals surface area contributed by atoms with E-state index in [2.05, 4.69) is 13.8 Å². The maximum absolute atomic E-state index is 13.2. The van der Waals surface area contributed by atoms with Crippen molar-refractivity contribution in [3.63, 3.8) is 0 Å². The van der Waals surface area contributed by atoms with Gasteiger partial charge in [-0.2, -0.15) is 0 Å². The van der Waals surface area contributed by atoms with E-state index < -0.39 is 17.1 Å². The lowest BCUT2D eigenvalue weighted by Crippen LogP contribution is -2.68. The van der Waals surface area contributed by atoms with Gasteiger partial charge in [-0.25, -0.2) is 4.79 Å². The van der Waals surface area contributed by atoms with Gasteiger partial charge in [-0.1, -0.05) is 19.4 Å². The van der Waals surface area contributed by atoms with Crippen LogP contribution < -0.4 is 0 Å². The molecule has 5 rings (SSSR count). The summed E-state index contributed by atoms with van der Waals surface area (Å²) in [6.45, 7) is 10.5. The number of hydrogen-bond acceptors (Lipinski definition) is 5. The SMILES string of the molecule is CC1=C(C)C(=O)OC([C@@H](C)[C@H]2CC[C@H]3[C@@H]4CC[C@]5(O)[C@@H](O)C=CC(=O)[C@]5(C)[C@H]4CC[C@]23C)C1. The second-order valence-electron chi connectivity index (χ2n) is 12.4.